The lowest BCUT2D eigenvalue weighted by atomic mass is 10.3. The molecule has 3 N–H and O–H groups in total. The molecule has 0 aliphatic heterocycles. The van der Waals surface area contributed by atoms with E-state index in [1.807, 2.05) is 18.7 Å². The number of rotatable bonds is 6. The average molecular weight is 300 g/mol. The van der Waals surface area contributed by atoms with Gasteiger partial charge in [-0.2, -0.15) is 0 Å². The standard InChI is InChI=1S/C13H18ClN3OS/c1-9(2)17(7-12(15)19)8-13(18)16-11-5-3-10(14)4-6-11/h3-6,9H,7-8H2,1-2H3,(H2,15,19)(H,16,18). The normalized spacial score (nSPS) is 10.8. The fourth-order valence-corrected chi connectivity index (χ4v) is 1.83. The third kappa shape index (κ3) is 6.00. The molecule has 0 bridgehead atoms. The smallest absolute Gasteiger partial charge is 0.238 e. The summed E-state index contributed by atoms with van der Waals surface area (Å²) in [6, 6.07) is 7.16. The number of amides is 1. The largest absolute Gasteiger partial charge is 0.392 e. The number of halogens is 1. The third-order valence-corrected chi connectivity index (χ3v) is 2.94. The molecular formula is C13H18ClN3OS. The van der Waals surface area contributed by atoms with Crippen LogP contribution in [0.5, 0.6) is 0 Å². The number of nitrogens with zero attached hydrogens (tertiary/aromatic N) is 1. The highest BCUT2D eigenvalue weighted by Crippen LogP contribution is 2.13. The van der Waals surface area contributed by atoms with Crippen LogP contribution < -0.4 is 11.1 Å². The molecule has 0 saturated heterocycles. The van der Waals surface area contributed by atoms with Crippen molar-refractivity contribution in [1.82, 2.24) is 4.90 Å². The lowest BCUT2D eigenvalue weighted by Gasteiger charge is -2.25. The zero-order valence-corrected chi connectivity index (χ0v) is 12.6. The number of nitrogens with one attached hydrogen (secondary N) is 1. The van der Waals surface area contributed by atoms with Gasteiger partial charge in [-0.15, -0.1) is 0 Å². The Morgan fingerprint density at radius 3 is 2.42 bits per heavy atom. The minimum absolute atomic E-state index is 0.104. The van der Waals surface area contributed by atoms with Gasteiger partial charge in [-0.05, 0) is 38.1 Å². The van der Waals surface area contributed by atoms with Crippen LogP contribution in [0.2, 0.25) is 5.02 Å². The van der Waals surface area contributed by atoms with E-state index in [-0.39, 0.29) is 18.5 Å². The van der Waals surface area contributed by atoms with Crippen molar-refractivity contribution < 1.29 is 4.79 Å². The summed E-state index contributed by atoms with van der Waals surface area (Å²) in [5.74, 6) is -0.104. The Morgan fingerprint density at radius 1 is 1.37 bits per heavy atom. The molecule has 0 saturated carbocycles. The maximum Gasteiger partial charge on any atom is 0.238 e. The molecular weight excluding hydrogens is 282 g/mol. The Balaban J connectivity index is 2.57. The van der Waals surface area contributed by atoms with Crippen LogP contribution in [0.15, 0.2) is 24.3 Å². The zero-order chi connectivity index (χ0) is 14.4. The lowest BCUT2D eigenvalue weighted by Crippen LogP contribution is -2.42. The lowest BCUT2D eigenvalue weighted by molar-refractivity contribution is -0.117. The first kappa shape index (κ1) is 15.9. The molecule has 6 heteroatoms. The Hall–Kier alpha value is -1.17. The van der Waals surface area contributed by atoms with Gasteiger partial charge in [-0.25, -0.2) is 0 Å². The number of carbonyl (C=O) groups is 1. The predicted octanol–water partition coefficient (Wildman–Crippen LogP) is 2.28. The number of carbonyl (C=O) groups excluding carboxylic acids is 1. The summed E-state index contributed by atoms with van der Waals surface area (Å²) in [5.41, 5.74) is 6.24. The Bertz CT molecular complexity index is 448. The molecule has 0 radical (unpaired) electrons. The van der Waals surface area contributed by atoms with Gasteiger partial charge in [0.15, 0.2) is 0 Å². The molecule has 0 unspecified atom stereocenters. The molecule has 104 valence electrons. The van der Waals surface area contributed by atoms with Gasteiger partial charge < -0.3 is 11.1 Å². The van der Waals surface area contributed by atoms with Crippen LogP contribution in [0.3, 0.4) is 0 Å². The van der Waals surface area contributed by atoms with Crippen LogP contribution in [0.25, 0.3) is 0 Å². The van der Waals surface area contributed by atoms with E-state index in [9.17, 15) is 4.79 Å². The summed E-state index contributed by atoms with van der Waals surface area (Å²) in [5, 5.41) is 3.44. The van der Waals surface area contributed by atoms with Crippen molar-refractivity contribution in [3.8, 4) is 0 Å². The van der Waals surface area contributed by atoms with Gasteiger partial charge in [0, 0.05) is 23.3 Å². The maximum absolute atomic E-state index is 11.9. The molecule has 0 aliphatic carbocycles. The van der Waals surface area contributed by atoms with Gasteiger partial charge in [-0.3, -0.25) is 9.69 Å². The topological polar surface area (TPSA) is 58.4 Å². The van der Waals surface area contributed by atoms with Gasteiger partial charge in [0.2, 0.25) is 5.91 Å². The van der Waals surface area contributed by atoms with Crippen LogP contribution in [-0.4, -0.2) is 34.9 Å². The highest BCUT2D eigenvalue weighted by molar-refractivity contribution is 7.80. The van der Waals surface area contributed by atoms with Crippen LogP contribution in [-0.2, 0) is 4.79 Å². The number of nitrogens with two attached hydrogens (primary N) is 1. The fourth-order valence-electron chi connectivity index (χ4n) is 1.54. The van der Waals surface area contributed by atoms with Crippen LogP contribution in [0, 0.1) is 0 Å². The number of benzene rings is 1. The fraction of sp³-hybridized carbons (Fsp3) is 0.385. The number of hydrogen-bond acceptors (Lipinski definition) is 3. The second-order valence-corrected chi connectivity index (χ2v) is 5.48. The Kier molecular flexibility index (Phi) is 6.21. The molecule has 1 amide bonds. The predicted molar refractivity (Wildman–Crippen MR) is 83.6 cm³/mol. The SMILES string of the molecule is CC(C)N(CC(=O)Nc1ccc(Cl)cc1)CC(N)=S. The van der Waals surface area contributed by atoms with Gasteiger partial charge in [0.1, 0.15) is 0 Å². The van der Waals surface area contributed by atoms with E-state index >= 15 is 0 Å². The molecule has 0 atom stereocenters. The zero-order valence-electron chi connectivity index (χ0n) is 11.0. The summed E-state index contributed by atoms with van der Waals surface area (Å²) < 4.78 is 0. The first-order chi connectivity index (χ1) is 8.88. The molecule has 0 aliphatic rings. The van der Waals surface area contributed by atoms with Crippen molar-refractivity contribution in [3.63, 3.8) is 0 Å². The third-order valence-electron chi connectivity index (χ3n) is 2.56. The molecule has 1 aromatic carbocycles. The van der Waals surface area contributed by atoms with E-state index in [0.29, 0.717) is 22.2 Å². The summed E-state index contributed by atoms with van der Waals surface area (Å²) in [4.78, 5) is 14.2. The number of thiocarbonyl (C=S) groups is 1. The van der Waals surface area contributed by atoms with Gasteiger partial charge >= 0.3 is 0 Å². The van der Waals surface area contributed by atoms with Crippen molar-refractivity contribution in [2.45, 2.75) is 19.9 Å². The minimum atomic E-state index is -0.104. The van der Waals surface area contributed by atoms with E-state index < -0.39 is 0 Å². The van der Waals surface area contributed by atoms with E-state index in [4.69, 9.17) is 29.6 Å². The highest BCUT2D eigenvalue weighted by atomic mass is 35.5. The Labute approximate surface area is 123 Å². The Morgan fingerprint density at radius 2 is 1.95 bits per heavy atom. The van der Waals surface area contributed by atoms with Gasteiger partial charge in [-0.1, -0.05) is 23.8 Å². The monoisotopic (exact) mass is 299 g/mol. The number of hydrogen-bond donors (Lipinski definition) is 2. The molecule has 19 heavy (non-hydrogen) atoms. The molecule has 0 fully saturated rings. The molecule has 0 heterocycles. The van der Waals surface area contributed by atoms with Crippen molar-refractivity contribution in [1.29, 1.82) is 0 Å². The molecule has 0 aromatic heterocycles. The second kappa shape index (κ2) is 7.43. The summed E-state index contributed by atoms with van der Waals surface area (Å²) in [6.45, 7) is 4.67. The average Bonchev–Trinajstić information content (AvgIpc) is 2.30. The molecule has 0 spiro atoms. The quantitative estimate of drug-likeness (QED) is 0.791. The second-order valence-electron chi connectivity index (χ2n) is 4.52. The first-order valence-corrected chi connectivity index (χ1v) is 6.75. The van der Waals surface area contributed by atoms with E-state index in [1.165, 1.54) is 0 Å². The van der Waals surface area contributed by atoms with E-state index in [0.717, 1.165) is 0 Å². The van der Waals surface area contributed by atoms with Crippen LogP contribution in [0.1, 0.15) is 13.8 Å². The summed E-state index contributed by atoms with van der Waals surface area (Å²) in [6.07, 6.45) is 0. The van der Waals surface area contributed by atoms with Crippen molar-refractivity contribution in [2.24, 2.45) is 5.73 Å². The van der Waals surface area contributed by atoms with Crippen molar-refractivity contribution >= 4 is 40.4 Å². The maximum atomic E-state index is 11.9. The van der Waals surface area contributed by atoms with Crippen LogP contribution >= 0.6 is 23.8 Å². The van der Waals surface area contributed by atoms with E-state index in [1.54, 1.807) is 24.3 Å². The summed E-state index contributed by atoms with van der Waals surface area (Å²) >= 11 is 10.7. The summed E-state index contributed by atoms with van der Waals surface area (Å²) in [7, 11) is 0. The van der Waals surface area contributed by atoms with Crippen molar-refractivity contribution in [3.05, 3.63) is 29.3 Å². The first-order valence-electron chi connectivity index (χ1n) is 5.96. The van der Waals surface area contributed by atoms with E-state index in [2.05, 4.69) is 5.32 Å². The molecule has 1 aromatic rings. The highest BCUT2D eigenvalue weighted by Gasteiger charge is 2.14. The molecule has 1 rings (SSSR count). The van der Waals surface area contributed by atoms with Gasteiger partial charge in [0.25, 0.3) is 0 Å². The minimum Gasteiger partial charge on any atom is -0.392 e. The van der Waals surface area contributed by atoms with Crippen LogP contribution in [0.4, 0.5) is 5.69 Å². The number of anilines is 1. The van der Waals surface area contributed by atoms with Gasteiger partial charge in [0.05, 0.1) is 11.5 Å². The van der Waals surface area contributed by atoms with Crippen molar-refractivity contribution in [2.75, 3.05) is 18.4 Å². The molecule has 4 nitrogen and oxygen atoms in total.